The Morgan fingerprint density at radius 2 is 2.23 bits per heavy atom. The Hall–Kier alpha value is -1.42. The van der Waals surface area contributed by atoms with Crippen LogP contribution < -0.4 is 5.73 Å². The summed E-state index contributed by atoms with van der Waals surface area (Å²) in [6.45, 7) is 1.46. The molecule has 0 bridgehead atoms. The van der Waals surface area contributed by atoms with Crippen molar-refractivity contribution in [1.82, 2.24) is 0 Å². The molecule has 1 atom stereocenters. The number of Topliss-reactive ketones (excluding diaryl/α,β-unsaturated/α-hetero) is 1. The summed E-state index contributed by atoms with van der Waals surface area (Å²) in [6, 6.07) is 2.51. The van der Waals surface area contributed by atoms with Crippen LogP contribution in [-0.4, -0.2) is 16.9 Å². The molecule has 1 aromatic carbocycles. The second kappa shape index (κ2) is 3.53. The zero-order valence-corrected chi connectivity index (χ0v) is 7.12. The molecule has 0 heterocycles. The van der Waals surface area contributed by atoms with Crippen molar-refractivity contribution in [3.63, 3.8) is 0 Å². The highest BCUT2D eigenvalue weighted by Gasteiger charge is 2.15. The van der Waals surface area contributed by atoms with Crippen molar-refractivity contribution in [1.29, 1.82) is 0 Å². The largest absolute Gasteiger partial charge is 0.508 e. The number of hydrogen-bond acceptors (Lipinski definition) is 3. The number of aromatic hydroxyl groups is 1. The first-order valence-electron chi connectivity index (χ1n) is 3.80. The third-order valence-electron chi connectivity index (χ3n) is 1.63. The van der Waals surface area contributed by atoms with Crippen LogP contribution in [0.25, 0.3) is 0 Å². The summed E-state index contributed by atoms with van der Waals surface area (Å²) in [5.41, 5.74) is 5.12. The van der Waals surface area contributed by atoms with E-state index in [0.717, 1.165) is 12.1 Å². The van der Waals surface area contributed by atoms with Crippen molar-refractivity contribution in [2.24, 2.45) is 5.73 Å². The molecule has 0 amide bonds. The highest BCUT2D eigenvalue weighted by molar-refractivity contribution is 6.00. The van der Waals surface area contributed by atoms with Gasteiger partial charge in [0.15, 0.2) is 5.78 Å². The van der Waals surface area contributed by atoms with Gasteiger partial charge in [0.2, 0.25) is 0 Å². The molecule has 0 aliphatic carbocycles. The summed E-state index contributed by atoms with van der Waals surface area (Å²) in [4.78, 5) is 11.2. The van der Waals surface area contributed by atoms with Crippen LogP contribution in [0.5, 0.6) is 5.75 Å². The van der Waals surface area contributed by atoms with Crippen molar-refractivity contribution < 1.29 is 14.3 Å². The van der Waals surface area contributed by atoms with E-state index in [9.17, 15) is 9.18 Å². The van der Waals surface area contributed by atoms with Crippen LogP contribution in [0.1, 0.15) is 17.3 Å². The highest BCUT2D eigenvalue weighted by atomic mass is 19.1. The molecule has 0 aromatic heterocycles. The van der Waals surface area contributed by atoms with Crippen molar-refractivity contribution in [2.45, 2.75) is 13.0 Å². The van der Waals surface area contributed by atoms with Crippen LogP contribution in [-0.2, 0) is 0 Å². The smallest absolute Gasteiger partial charge is 0.182 e. The van der Waals surface area contributed by atoms with Gasteiger partial charge >= 0.3 is 0 Å². The highest BCUT2D eigenvalue weighted by Crippen LogP contribution is 2.16. The topological polar surface area (TPSA) is 63.3 Å². The van der Waals surface area contributed by atoms with E-state index < -0.39 is 17.6 Å². The number of carbonyl (C=O) groups is 1. The van der Waals surface area contributed by atoms with Gasteiger partial charge in [-0.1, -0.05) is 0 Å². The lowest BCUT2D eigenvalue weighted by molar-refractivity contribution is 0.0963. The summed E-state index contributed by atoms with van der Waals surface area (Å²) < 4.78 is 13.0. The molecule has 0 saturated heterocycles. The van der Waals surface area contributed by atoms with Gasteiger partial charge in [0.1, 0.15) is 11.6 Å². The van der Waals surface area contributed by atoms with Crippen molar-refractivity contribution in [3.05, 3.63) is 29.6 Å². The molecule has 0 radical (unpaired) electrons. The maximum atomic E-state index is 13.0. The maximum Gasteiger partial charge on any atom is 0.182 e. The molecule has 4 heteroatoms. The Morgan fingerprint density at radius 3 is 2.77 bits per heavy atom. The van der Waals surface area contributed by atoms with Gasteiger partial charge < -0.3 is 10.8 Å². The number of phenolic OH excluding ortho intramolecular Hbond substituents is 1. The number of carbonyl (C=O) groups excluding carboxylic acids is 1. The van der Waals surface area contributed by atoms with Gasteiger partial charge in [0.05, 0.1) is 11.6 Å². The molecular weight excluding hydrogens is 173 g/mol. The number of phenols is 1. The van der Waals surface area contributed by atoms with Crippen LogP contribution in [0.15, 0.2) is 18.2 Å². The van der Waals surface area contributed by atoms with Gasteiger partial charge in [0, 0.05) is 0 Å². The summed E-state index contributed by atoms with van der Waals surface area (Å²) in [6.07, 6.45) is 0. The fourth-order valence-corrected chi connectivity index (χ4v) is 0.947. The molecule has 0 saturated carbocycles. The normalized spacial score (nSPS) is 12.5. The maximum absolute atomic E-state index is 13.0. The van der Waals surface area contributed by atoms with Gasteiger partial charge in [-0.05, 0) is 25.1 Å². The minimum atomic E-state index is -0.767. The number of nitrogens with two attached hydrogens (primary N) is 1. The Bertz CT molecular complexity index is 336. The van der Waals surface area contributed by atoms with E-state index >= 15 is 0 Å². The lowest BCUT2D eigenvalue weighted by atomic mass is 10.1. The molecule has 1 unspecified atom stereocenters. The summed E-state index contributed by atoms with van der Waals surface area (Å²) in [7, 11) is 0. The number of rotatable bonds is 2. The lowest BCUT2D eigenvalue weighted by Gasteiger charge is -2.05. The fourth-order valence-electron chi connectivity index (χ4n) is 0.947. The Balaban J connectivity index is 3.13. The Kier molecular flexibility index (Phi) is 2.63. The third-order valence-corrected chi connectivity index (χ3v) is 1.63. The second-order valence-electron chi connectivity index (χ2n) is 2.82. The molecule has 1 aromatic rings. The summed E-state index contributed by atoms with van der Waals surface area (Å²) in [5, 5.41) is 9.01. The number of halogens is 1. The monoisotopic (exact) mass is 183 g/mol. The Morgan fingerprint density at radius 1 is 1.62 bits per heavy atom. The standard InChI is InChI=1S/C9H10FNO2/c1-5(11)9(13)7-4-6(12)2-3-8(7)10/h2-5,12H,11H2,1H3. The van der Waals surface area contributed by atoms with E-state index in [1.54, 1.807) is 0 Å². The molecule has 1 rings (SSSR count). The number of benzene rings is 1. The molecule has 0 aliphatic heterocycles. The summed E-state index contributed by atoms with van der Waals surface area (Å²) >= 11 is 0. The SMILES string of the molecule is CC(N)C(=O)c1cc(O)ccc1F. The van der Waals surface area contributed by atoms with E-state index in [1.165, 1.54) is 13.0 Å². The van der Waals surface area contributed by atoms with Crippen LogP contribution in [0, 0.1) is 5.82 Å². The lowest BCUT2D eigenvalue weighted by Crippen LogP contribution is -2.27. The van der Waals surface area contributed by atoms with Crippen LogP contribution >= 0.6 is 0 Å². The predicted octanol–water partition coefficient (Wildman–Crippen LogP) is 1.06. The first kappa shape index (κ1) is 9.67. The molecule has 0 spiro atoms. The van der Waals surface area contributed by atoms with Gasteiger partial charge in [-0.25, -0.2) is 4.39 Å². The van der Waals surface area contributed by atoms with Crippen LogP contribution in [0.3, 0.4) is 0 Å². The molecular formula is C9H10FNO2. The number of hydrogen-bond donors (Lipinski definition) is 2. The first-order valence-corrected chi connectivity index (χ1v) is 3.80. The zero-order valence-electron chi connectivity index (χ0n) is 7.12. The van der Waals surface area contributed by atoms with E-state index in [4.69, 9.17) is 10.8 Å². The van der Waals surface area contributed by atoms with Crippen LogP contribution in [0.4, 0.5) is 4.39 Å². The average Bonchev–Trinajstić information content (AvgIpc) is 2.08. The first-order chi connectivity index (χ1) is 6.02. The van der Waals surface area contributed by atoms with Crippen LogP contribution in [0.2, 0.25) is 0 Å². The van der Waals surface area contributed by atoms with E-state index in [0.29, 0.717) is 0 Å². The fraction of sp³-hybridized carbons (Fsp3) is 0.222. The minimum absolute atomic E-state index is 0.148. The number of ketones is 1. The van der Waals surface area contributed by atoms with Gasteiger partial charge in [-0.3, -0.25) is 4.79 Å². The molecule has 70 valence electrons. The predicted molar refractivity (Wildman–Crippen MR) is 46.0 cm³/mol. The van der Waals surface area contributed by atoms with Gasteiger partial charge in [-0.15, -0.1) is 0 Å². The molecule has 13 heavy (non-hydrogen) atoms. The third kappa shape index (κ3) is 2.03. The van der Waals surface area contributed by atoms with Crippen molar-refractivity contribution >= 4 is 5.78 Å². The molecule has 3 N–H and O–H groups in total. The zero-order chi connectivity index (χ0) is 10.0. The van der Waals surface area contributed by atoms with Gasteiger partial charge in [-0.2, -0.15) is 0 Å². The van der Waals surface area contributed by atoms with E-state index in [2.05, 4.69) is 0 Å². The van der Waals surface area contributed by atoms with E-state index in [1.807, 2.05) is 0 Å². The average molecular weight is 183 g/mol. The van der Waals surface area contributed by atoms with Crippen molar-refractivity contribution in [2.75, 3.05) is 0 Å². The molecule has 0 fully saturated rings. The minimum Gasteiger partial charge on any atom is -0.508 e. The molecule has 0 aliphatic rings. The summed E-state index contributed by atoms with van der Waals surface area (Å²) in [5.74, 6) is -1.33. The second-order valence-corrected chi connectivity index (χ2v) is 2.82. The van der Waals surface area contributed by atoms with E-state index in [-0.39, 0.29) is 11.3 Å². The van der Waals surface area contributed by atoms with Crippen molar-refractivity contribution in [3.8, 4) is 5.75 Å². The Labute approximate surface area is 75.0 Å². The van der Waals surface area contributed by atoms with Gasteiger partial charge in [0.25, 0.3) is 0 Å². The molecule has 3 nitrogen and oxygen atoms in total. The quantitative estimate of drug-likeness (QED) is 0.674.